The molecular weight excluding hydrogens is 974 g/mol. The molecule has 0 fully saturated rings. The Bertz CT molecular complexity index is 2700. The van der Waals surface area contributed by atoms with Crippen LogP contribution in [0.1, 0.15) is 61.1 Å². The Morgan fingerprint density at radius 3 is 1.69 bits per heavy atom. The average Bonchev–Trinajstić information content (AvgIpc) is 3.97. The van der Waals surface area contributed by atoms with Crippen LogP contribution in [0.3, 0.4) is 0 Å². The summed E-state index contributed by atoms with van der Waals surface area (Å²) in [6.07, 6.45) is 15.7. The Labute approximate surface area is 378 Å². The fourth-order valence-corrected chi connectivity index (χ4v) is 7.88. The number of halogens is 3. The van der Waals surface area contributed by atoms with Crippen LogP contribution in [0.5, 0.6) is 0 Å². The van der Waals surface area contributed by atoms with Gasteiger partial charge in [0.25, 0.3) is 0 Å². The van der Waals surface area contributed by atoms with Crippen molar-refractivity contribution in [3.05, 3.63) is 181 Å². The van der Waals surface area contributed by atoms with Crippen LogP contribution in [0.4, 0.5) is 11.4 Å². The van der Waals surface area contributed by atoms with Crippen molar-refractivity contribution in [1.29, 1.82) is 0 Å². The summed E-state index contributed by atoms with van der Waals surface area (Å²) >= 11 is -2.22. The fourth-order valence-electron chi connectivity index (χ4n) is 6.81. The third-order valence-corrected chi connectivity index (χ3v) is 11.4. The molecule has 0 saturated heterocycles. The molecule has 3 aliphatic rings. The van der Waals surface area contributed by atoms with Gasteiger partial charge in [0.15, 0.2) is 0 Å². The van der Waals surface area contributed by atoms with E-state index in [1.165, 1.54) is 46.0 Å². The van der Waals surface area contributed by atoms with E-state index >= 15 is 0 Å². The molecule has 15 heteroatoms. The van der Waals surface area contributed by atoms with Crippen LogP contribution >= 0.6 is 25.7 Å². The van der Waals surface area contributed by atoms with E-state index in [1.54, 1.807) is 12.1 Å². The Kier molecular flexibility index (Phi) is 20.1. The van der Waals surface area contributed by atoms with Gasteiger partial charge >= 0.3 is 43.6 Å². The van der Waals surface area contributed by atoms with Crippen molar-refractivity contribution in [3.63, 3.8) is 0 Å². The normalized spacial score (nSPS) is 16.4. The quantitative estimate of drug-likeness (QED) is 0.0772. The van der Waals surface area contributed by atoms with Crippen LogP contribution in [-0.4, -0.2) is 41.0 Å². The third kappa shape index (κ3) is 15.0. The summed E-state index contributed by atoms with van der Waals surface area (Å²) in [6.45, 7) is 0. The first-order chi connectivity index (χ1) is 28.1. The molecule has 7 N–H and O–H groups in total. The number of fused-ring (bicyclic) bond motifs is 5. The number of hydrogen-bond donors (Lipinski definition) is 4. The van der Waals surface area contributed by atoms with Crippen LogP contribution in [-0.2, 0) is 20.0 Å². The number of anilines is 2. The summed E-state index contributed by atoms with van der Waals surface area (Å²) in [7, 11) is 7.76. The van der Waals surface area contributed by atoms with Gasteiger partial charge in [-0.25, -0.2) is 27.1 Å². The van der Waals surface area contributed by atoms with Gasteiger partial charge in [-0.15, -0.1) is 0 Å². The van der Waals surface area contributed by atoms with E-state index in [9.17, 15) is 21.6 Å². The number of nitrogen functional groups attached to an aromatic ring is 1. The van der Waals surface area contributed by atoms with Crippen molar-refractivity contribution in [2.45, 2.75) is 49.4 Å². The van der Waals surface area contributed by atoms with Gasteiger partial charge in [0.2, 0.25) is 20.0 Å². The molecule has 9 rings (SSSR count). The van der Waals surface area contributed by atoms with Crippen LogP contribution in [0.2, 0.25) is 0 Å². The topological polar surface area (TPSA) is 175 Å². The second kappa shape index (κ2) is 23.9. The van der Waals surface area contributed by atoms with Crippen molar-refractivity contribution in [1.82, 2.24) is 0 Å². The van der Waals surface area contributed by atoms with E-state index in [-0.39, 0.29) is 36.6 Å². The SMILES string of the molecule is C.C.C1=CCC=C1.NS(=O)(=O)c1ccc2c(c1)C1C=CCC1C(c1ccc3ccccc3c1)N2.Nc1ccc(S(N)(=O)=O)cc1.O=Cc1ccc2ccccc2c1.[Cl][In]([Cl])[Cl]. The summed E-state index contributed by atoms with van der Waals surface area (Å²) in [4.78, 5) is 10.7. The minimum atomic E-state index is -3.71. The molecule has 0 aromatic heterocycles. The Morgan fingerprint density at radius 1 is 0.639 bits per heavy atom. The predicted molar refractivity (Wildman–Crippen MR) is 259 cm³/mol. The Hall–Kier alpha value is -4.11. The van der Waals surface area contributed by atoms with Gasteiger partial charge in [0.1, 0.15) is 6.29 Å². The maximum absolute atomic E-state index is 11.8. The second-order valence-corrected chi connectivity index (χ2v) is 31.4. The standard InChI is InChI=1S/C22H20N2O2S.C11H8O.C6H8N2O2S.C5H6.2CH4.3ClH.In/c23-27(25,26)17-10-11-21-20(13-17)18-6-3-7-19(18)22(24-21)16-9-8-14-4-1-2-5-15(14)12-16;12-8-9-5-6-10-3-1-2-4-11(10)7-9;7-5-1-3-6(4-2-5)11(8,9)10;1-2-4-5-3-1;;;;;;/h1-6,8-13,18-19,22,24H,7H2,(H2,23,25,26);1-8H;1-4H,7H2,(H2,8,9,10);1-4H,5H2;2*1H4;3*1H;/q;;;;;;;;;+3/p-3. The molecule has 3 unspecified atom stereocenters. The predicted octanol–water partition coefficient (Wildman–Crippen LogP) is 11.3. The van der Waals surface area contributed by atoms with Gasteiger partial charge in [0, 0.05) is 22.9 Å². The maximum atomic E-state index is 11.8. The van der Waals surface area contributed by atoms with Gasteiger partial charge in [-0.2, -0.15) is 0 Å². The molecule has 2 aliphatic carbocycles. The number of hydrogen-bond acceptors (Lipinski definition) is 7. The summed E-state index contributed by atoms with van der Waals surface area (Å²) < 4.78 is 44.9. The van der Waals surface area contributed by atoms with Gasteiger partial charge in [0.05, 0.1) is 15.8 Å². The van der Waals surface area contributed by atoms with Crippen LogP contribution in [0.25, 0.3) is 21.5 Å². The molecule has 0 spiro atoms. The molecule has 9 nitrogen and oxygen atoms in total. The number of primary sulfonamides is 2. The monoisotopic (exact) mass is 1020 g/mol. The molecule has 0 saturated carbocycles. The van der Waals surface area contributed by atoms with Crippen molar-refractivity contribution < 1.29 is 21.6 Å². The first kappa shape index (κ1) is 51.2. The van der Waals surface area contributed by atoms with Crippen LogP contribution < -0.4 is 21.3 Å². The van der Waals surface area contributed by atoms with Crippen molar-refractivity contribution >= 4 is 103 Å². The Morgan fingerprint density at radius 2 is 1.16 bits per heavy atom. The molecule has 3 atom stereocenters. The van der Waals surface area contributed by atoms with Crippen molar-refractivity contribution in [3.8, 4) is 0 Å². The van der Waals surface area contributed by atoms with E-state index in [2.05, 4.69) is 84.2 Å². The number of carbonyl (C=O) groups excluding carboxylic acids is 1. The van der Waals surface area contributed by atoms with E-state index < -0.39 is 37.9 Å². The first-order valence-electron chi connectivity index (χ1n) is 18.3. The van der Waals surface area contributed by atoms with Gasteiger partial charge in [-0.3, -0.25) is 4.79 Å². The molecule has 6 aromatic carbocycles. The molecular formula is C46H50Cl3InN4O5S2. The van der Waals surface area contributed by atoms with Crippen LogP contribution in [0, 0.1) is 5.92 Å². The number of nitrogens with two attached hydrogens (primary N) is 3. The molecule has 0 amide bonds. The first-order valence-corrected chi connectivity index (χ1v) is 33.9. The summed E-state index contributed by atoms with van der Waals surface area (Å²) in [5, 5.41) is 18.6. The molecule has 1 aliphatic heterocycles. The van der Waals surface area contributed by atoms with Gasteiger partial charge < -0.3 is 11.1 Å². The number of rotatable bonds is 4. The van der Waals surface area contributed by atoms with E-state index in [4.69, 9.17) is 41.7 Å². The number of sulfonamides is 2. The molecule has 320 valence electrons. The number of allylic oxidation sites excluding steroid dienone is 6. The molecule has 61 heavy (non-hydrogen) atoms. The zero-order valence-corrected chi connectivity index (χ0v) is 38.8. The summed E-state index contributed by atoms with van der Waals surface area (Å²) in [5.41, 5.74) is 9.83. The second-order valence-electron chi connectivity index (χ2n) is 13.6. The number of benzene rings is 6. The van der Waals surface area contributed by atoms with Crippen LogP contribution in [0.15, 0.2) is 174 Å². The zero-order chi connectivity index (χ0) is 42.6. The molecule has 0 bridgehead atoms. The third-order valence-electron chi connectivity index (χ3n) is 9.57. The number of carbonyl (C=O) groups is 1. The summed E-state index contributed by atoms with van der Waals surface area (Å²) in [6, 6.07) is 39.7. The molecule has 6 aromatic rings. The minimum absolute atomic E-state index is 0. The van der Waals surface area contributed by atoms with Crippen molar-refractivity contribution in [2.75, 3.05) is 11.1 Å². The van der Waals surface area contributed by atoms with Crippen molar-refractivity contribution in [2.24, 2.45) is 16.2 Å². The van der Waals surface area contributed by atoms with E-state index in [1.807, 2.05) is 48.5 Å². The zero-order valence-electron chi connectivity index (χ0n) is 31.6. The average molecular weight is 1020 g/mol. The Balaban J connectivity index is 0.000000242. The number of nitrogens with one attached hydrogen (secondary N) is 1. The summed E-state index contributed by atoms with van der Waals surface area (Å²) in [5.74, 6) is 0.550. The number of aldehydes is 1. The van der Waals surface area contributed by atoms with E-state index in [0.29, 0.717) is 11.6 Å². The molecule has 0 radical (unpaired) electrons. The van der Waals surface area contributed by atoms with Gasteiger partial charge in [-0.05, 0) is 106 Å². The fraction of sp³-hybridized carbons (Fsp3) is 0.152. The van der Waals surface area contributed by atoms with E-state index in [0.717, 1.165) is 41.3 Å². The van der Waals surface area contributed by atoms with Gasteiger partial charge in [-0.1, -0.05) is 124 Å². The molecule has 1 heterocycles.